The Hall–Kier alpha value is -2.80. The summed E-state index contributed by atoms with van der Waals surface area (Å²) in [4.78, 5) is 15.5. The average molecular weight is 375 g/mol. The lowest BCUT2D eigenvalue weighted by Crippen LogP contribution is -2.15. The number of fused-ring (bicyclic) bond motifs is 1. The lowest BCUT2D eigenvalue weighted by molar-refractivity contribution is 0.0695. The fourth-order valence-corrected chi connectivity index (χ4v) is 4.26. The number of carboxylic acids is 1. The van der Waals surface area contributed by atoms with Crippen molar-refractivity contribution in [2.45, 2.75) is 50.9 Å². The van der Waals surface area contributed by atoms with Crippen LogP contribution in [0.5, 0.6) is 5.75 Å². The summed E-state index contributed by atoms with van der Waals surface area (Å²) in [7, 11) is 0. The maximum Gasteiger partial charge on any atom is 0.336 e. The van der Waals surface area contributed by atoms with Gasteiger partial charge in [0.2, 0.25) is 0 Å². The number of carbonyl (C=O) groups is 1. The lowest BCUT2D eigenvalue weighted by Gasteiger charge is -2.26. The van der Waals surface area contributed by atoms with Gasteiger partial charge < -0.3 is 9.84 Å². The van der Waals surface area contributed by atoms with Crippen LogP contribution in [0.4, 0.5) is 0 Å². The summed E-state index contributed by atoms with van der Waals surface area (Å²) < 4.78 is 5.91. The predicted octanol–water partition coefficient (Wildman–Crippen LogP) is 4.82. The Balaban J connectivity index is 1.47. The first kappa shape index (κ1) is 18.6. The molecule has 0 saturated heterocycles. The first-order chi connectivity index (χ1) is 13.7. The van der Waals surface area contributed by atoms with E-state index in [1.54, 1.807) is 12.3 Å². The van der Waals surface area contributed by atoms with E-state index in [0.717, 1.165) is 29.7 Å². The Morgan fingerprint density at radius 2 is 2.07 bits per heavy atom. The van der Waals surface area contributed by atoms with E-state index >= 15 is 0 Å². The van der Waals surface area contributed by atoms with E-state index in [9.17, 15) is 9.90 Å². The molecule has 1 fully saturated rings. The molecule has 1 aliphatic heterocycles. The van der Waals surface area contributed by atoms with Crippen LogP contribution in [0.3, 0.4) is 0 Å². The van der Waals surface area contributed by atoms with Crippen LogP contribution in [0.25, 0.3) is 0 Å². The summed E-state index contributed by atoms with van der Waals surface area (Å²) in [5.41, 5.74) is 3.37. The number of benzene rings is 1. The quantitative estimate of drug-likeness (QED) is 0.778. The molecule has 1 aromatic carbocycles. The molecule has 0 amide bonds. The third-order valence-corrected chi connectivity index (χ3v) is 5.85. The molecule has 4 rings (SSSR count). The largest absolute Gasteiger partial charge is 0.493 e. The highest BCUT2D eigenvalue weighted by Crippen LogP contribution is 2.37. The molecule has 0 bridgehead atoms. The highest BCUT2D eigenvalue weighted by atomic mass is 16.5. The second-order valence-corrected chi connectivity index (χ2v) is 7.71. The second-order valence-electron chi connectivity index (χ2n) is 7.71. The van der Waals surface area contributed by atoms with Gasteiger partial charge in [-0.1, -0.05) is 30.7 Å². The fraction of sp³-hybridized carbons (Fsp3) is 0.417. The maximum absolute atomic E-state index is 11.4. The molecule has 0 radical (unpaired) electrons. The Kier molecular flexibility index (Phi) is 5.62. The number of carboxylic acid groups (broad SMARTS) is 1. The van der Waals surface area contributed by atoms with Crippen LogP contribution in [-0.2, 0) is 6.42 Å². The summed E-state index contributed by atoms with van der Waals surface area (Å²) in [5, 5.41) is 9.36. The molecule has 2 aromatic rings. The van der Waals surface area contributed by atoms with Crippen molar-refractivity contribution < 1.29 is 14.6 Å². The number of hydrogen-bond acceptors (Lipinski definition) is 3. The molecule has 144 valence electrons. The first-order valence-corrected chi connectivity index (χ1v) is 10.1. The normalized spacial score (nSPS) is 18.6. The number of aryl methyl sites for hydroxylation is 1. The average Bonchev–Trinajstić information content (AvgIpc) is 3.24. The monoisotopic (exact) mass is 375 g/mol. The van der Waals surface area contributed by atoms with Crippen molar-refractivity contribution in [3.8, 4) is 17.6 Å². The minimum absolute atomic E-state index is 0.347. The SMILES string of the molecule is O=C(O)c1ccncc1CC[C@H]1CCOc2cc(C#CC3CCCC3)ccc21. The van der Waals surface area contributed by atoms with Crippen LogP contribution >= 0.6 is 0 Å². The Bertz CT molecular complexity index is 919. The van der Waals surface area contributed by atoms with Crippen molar-refractivity contribution in [1.82, 2.24) is 4.98 Å². The number of ether oxygens (including phenoxy) is 1. The number of pyridine rings is 1. The van der Waals surface area contributed by atoms with Gasteiger partial charge in [0.05, 0.1) is 12.2 Å². The van der Waals surface area contributed by atoms with E-state index in [1.807, 2.05) is 0 Å². The maximum atomic E-state index is 11.4. The summed E-state index contributed by atoms with van der Waals surface area (Å²) in [6, 6.07) is 7.87. The van der Waals surface area contributed by atoms with Gasteiger partial charge in [0.1, 0.15) is 5.75 Å². The standard InChI is InChI=1S/C24H25NO3/c26-24(27)22-11-13-25-16-20(22)9-8-19-12-14-28-23-15-18(7-10-21(19)23)6-5-17-3-1-2-4-17/h7,10-11,13,15-17,19H,1-4,8-9,12,14H2,(H,26,27)/t19-/m0/s1. The van der Waals surface area contributed by atoms with Crippen LogP contribution in [-0.4, -0.2) is 22.7 Å². The molecular formula is C24H25NO3. The fourth-order valence-electron chi connectivity index (χ4n) is 4.26. The van der Waals surface area contributed by atoms with Gasteiger partial charge in [0.15, 0.2) is 0 Å². The zero-order valence-electron chi connectivity index (χ0n) is 16.0. The molecule has 0 spiro atoms. The number of aromatic nitrogens is 1. The van der Waals surface area contributed by atoms with Crippen molar-refractivity contribution >= 4 is 5.97 Å². The van der Waals surface area contributed by atoms with E-state index in [2.05, 4.69) is 35.0 Å². The van der Waals surface area contributed by atoms with Crippen molar-refractivity contribution in [1.29, 1.82) is 0 Å². The molecule has 1 N–H and O–H groups in total. The topological polar surface area (TPSA) is 59.4 Å². The van der Waals surface area contributed by atoms with Crippen molar-refractivity contribution in [3.05, 3.63) is 58.9 Å². The van der Waals surface area contributed by atoms with Crippen molar-refractivity contribution in [3.63, 3.8) is 0 Å². The second kappa shape index (κ2) is 8.48. The van der Waals surface area contributed by atoms with Gasteiger partial charge in [-0.2, -0.15) is 0 Å². The van der Waals surface area contributed by atoms with Gasteiger partial charge >= 0.3 is 5.97 Å². The molecule has 28 heavy (non-hydrogen) atoms. The molecule has 4 heteroatoms. The molecule has 2 heterocycles. The smallest absolute Gasteiger partial charge is 0.336 e. The van der Waals surface area contributed by atoms with Gasteiger partial charge in [0.25, 0.3) is 0 Å². The Morgan fingerprint density at radius 1 is 1.21 bits per heavy atom. The Labute approximate surface area is 166 Å². The highest BCUT2D eigenvalue weighted by molar-refractivity contribution is 5.89. The van der Waals surface area contributed by atoms with E-state index in [0.29, 0.717) is 30.4 Å². The van der Waals surface area contributed by atoms with E-state index in [1.165, 1.54) is 37.4 Å². The van der Waals surface area contributed by atoms with Gasteiger partial charge in [0, 0.05) is 23.9 Å². The minimum atomic E-state index is -0.893. The number of aromatic carboxylic acids is 1. The third kappa shape index (κ3) is 4.20. The van der Waals surface area contributed by atoms with Gasteiger partial charge in [-0.15, -0.1) is 0 Å². The van der Waals surface area contributed by atoms with Crippen LogP contribution < -0.4 is 4.74 Å². The van der Waals surface area contributed by atoms with E-state index in [4.69, 9.17) is 4.74 Å². The summed E-state index contributed by atoms with van der Waals surface area (Å²) >= 11 is 0. The first-order valence-electron chi connectivity index (χ1n) is 10.1. The summed E-state index contributed by atoms with van der Waals surface area (Å²) in [5.74, 6) is 7.69. The number of hydrogen-bond donors (Lipinski definition) is 1. The number of nitrogens with zero attached hydrogens (tertiary/aromatic N) is 1. The van der Waals surface area contributed by atoms with Gasteiger partial charge in [-0.25, -0.2) is 4.79 Å². The highest BCUT2D eigenvalue weighted by Gasteiger charge is 2.22. The van der Waals surface area contributed by atoms with Crippen LogP contribution in [0.15, 0.2) is 36.7 Å². The molecule has 1 atom stereocenters. The van der Waals surface area contributed by atoms with E-state index in [-0.39, 0.29) is 0 Å². The number of rotatable bonds is 4. The molecule has 4 nitrogen and oxygen atoms in total. The third-order valence-electron chi connectivity index (χ3n) is 5.85. The zero-order valence-corrected chi connectivity index (χ0v) is 16.0. The van der Waals surface area contributed by atoms with Crippen molar-refractivity contribution in [2.75, 3.05) is 6.61 Å². The molecule has 1 aliphatic carbocycles. The zero-order chi connectivity index (χ0) is 19.3. The summed E-state index contributed by atoms with van der Waals surface area (Å²) in [6.45, 7) is 0.690. The lowest BCUT2D eigenvalue weighted by atomic mass is 9.87. The molecule has 1 aromatic heterocycles. The molecule has 0 unspecified atom stereocenters. The predicted molar refractivity (Wildman–Crippen MR) is 108 cm³/mol. The molecular weight excluding hydrogens is 350 g/mol. The van der Waals surface area contributed by atoms with Gasteiger partial charge in [-0.05, 0) is 67.3 Å². The van der Waals surface area contributed by atoms with Gasteiger partial charge in [-0.3, -0.25) is 4.98 Å². The van der Waals surface area contributed by atoms with Crippen molar-refractivity contribution in [2.24, 2.45) is 5.92 Å². The molecule has 2 aliphatic rings. The molecule has 1 saturated carbocycles. The minimum Gasteiger partial charge on any atom is -0.493 e. The van der Waals surface area contributed by atoms with Crippen LogP contribution in [0.1, 0.15) is 71.5 Å². The Morgan fingerprint density at radius 3 is 2.89 bits per heavy atom. The van der Waals surface area contributed by atoms with Crippen LogP contribution in [0, 0.1) is 17.8 Å². The van der Waals surface area contributed by atoms with E-state index < -0.39 is 5.97 Å². The summed E-state index contributed by atoms with van der Waals surface area (Å²) in [6.07, 6.45) is 10.8. The van der Waals surface area contributed by atoms with Crippen LogP contribution in [0.2, 0.25) is 0 Å².